The van der Waals surface area contributed by atoms with E-state index in [9.17, 15) is 23.1 Å². The van der Waals surface area contributed by atoms with Gasteiger partial charge in [0.2, 0.25) is 0 Å². The van der Waals surface area contributed by atoms with Crippen molar-refractivity contribution in [1.82, 2.24) is 10.3 Å². The van der Waals surface area contributed by atoms with Gasteiger partial charge in [0.25, 0.3) is 0 Å². The molecule has 0 spiro atoms. The highest BCUT2D eigenvalue weighted by Gasteiger charge is 2.37. The molecule has 8 heteroatoms. The second-order valence-electron chi connectivity index (χ2n) is 8.60. The molecule has 1 aromatic heterocycles. The van der Waals surface area contributed by atoms with Gasteiger partial charge in [-0.3, -0.25) is 0 Å². The molecule has 5 nitrogen and oxygen atoms in total. The largest absolute Gasteiger partial charge is 0.446 e. The Labute approximate surface area is 183 Å². The lowest BCUT2D eigenvalue weighted by Crippen LogP contribution is -2.44. The molecular formula is C24H25F3N2O3. The summed E-state index contributed by atoms with van der Waals surface area (Å²) in [5.41, 5.74) is 2.16. The van der Waals surface area contributed by atoms with Crippen LogP contribution in [0, 0.1) is 23.4 Å². The number of amides is 1. The molecule has 1 heterocycles. The Bertz CT molecular complexity index is 1120. The summed E-state index contributed by atoms with van der Waals surface area (Å²) in [5, 5.41) is 12.4. The number of fused-ring (bicyclic) bond motifs is 1. The number of hydrogen-bond acceptors (Lipinski definition) is 3. The lowest BCUT2D eigenvalue weighted by molar-refractivity contribution is 0.0349. The normalized spacial score (nSPS) is 19.1. The molecule has 1 saturated carbocycles. The highest BCUT2D eigenvalue weighted by Crippen LogP contribution is 2.46. The van der Waals surface area contributed by atoms with Crippen molar-refractivity contribution in [2.75, 3.05) is 6.61 Å². The lowest BCUT2D eigenvalue weighted by Gasteiger charge is -2.35. The fraction of sp³-hybridized carbons (Fsp3) is 0.375. The monoisotopic (exact) mass is 446 g/mol. The van der Waals surface area contributed by atoms with Crippen LogP contribution < -0.4 is 5.32 Å². The van der Waals surface area contributed by atoms with Gasteiger partial charge in [-0.05, 0) is 66.1 Å². The molecule has 1 unspecified atom stereocenters. The van der Waals surface area contributed by atoms with Crippen molar-refractivity contribution in [3.05, 3.63) is 59.4 Å². The van der Waals surface area contributed by atoms with E-state index in [2.05, 4.69) is 10.3 Å². The fourth-order valence-corrected chi connectivity index (χ4v) is 4.17. The van der Waals surface area contributed by atoms with Crippen LogP contribution in [0.2, 0.25) is 0 Å². The first-order valence-corrected chi connectivity index (χ1v) is 10.6. The zero-order valence-electron chi connectivity index (χ0n) is 17.8. The molecule has 0 saturated heterocycles. The number of hydrogen-bond donors (Lipinski definition) is 3. The third-order valence-corrected chi connectivity index (χ3v) is 6.08. The summed E-state index contributed by atoms with van der Waals surface area (Å²) in [6, 6.07) is 7.49. The molecule has 2 aromatic carbocycles. The predicted molar refractivity (Wildman–Crippen MR) is 115 cm³/mol. The third kappa shape index (κ3) is 4.32. The summed E-state index contributed by atoms with van der Waals surface area (Å²) < 4.78 is 47.3. The molecule has 32 heavy (non-hydrogen) atoms. The van der Waals surface area contributed by atoms with Crippen molar-refractivity contribution in [2.45, 2.75) is 44.8 Å². The number of rotatable bonds is 6. The Morgan fingerprint density at radius 3 is 2.47 bits per heavy atom. The third-order valence-electron chi connectivity index (χ3n) is 6.08. The van der Waals surface area contributed by atoms with E-state index < -0.39 is 29.6 Å². The van der Waals surface area contributed by atoms with E-state index in [1.165, 1.54) is 18.2 Å². The van der Waals surface area contributed by atoms with Crippen LogP contribution in [0.5, 0.6) is 0 Å². The molecule has 3 N–H and O–H groups in total. The molecule has 0 bridgehead atoms. The smallest absolute Gasteiger partial charge is 0.407 e. The number of benzene rings is 2. The van der Waals surface area contributed by atoms with Gasteiger partial charge in [0.05, 0.1) is 23.9 Å². The van der Waals surface area contributed by atoms with Crippen LogP contribution in [0.15, 0.2) is 36.4 Å². The van der Waals surface area contributed by atoms with E-state index in [1.807, 2.05) is 13.8 Å². The number of alkyl carbamates (subject to hydrolysis) is 1. The summed E-state index contributed by atoms with van der Waals surface area (Å²) in [7, 11) is 0. The van der Waals surface area contributed by atoms with Gasteiger partial charge >= 0.3 is 6.09 Å². The van der Waals surface area contributed by atoms with Crippen molar-refractivity contribution in [3.8, 4) is 11.3 Å². The maximum absolute atomic E-state index is 14.4. The summed E-state index contributed by atoms with van der Waals surface area (Å²) in [4.78, 5) is 15.2. The van der Waals surface area contributed by atoms with Gasteiger partial charge in [0.1, 0.15) is 23.6 Å². The highest BCUT2D eigenvalue weighted by molar-refractivity contribution is 5.92. The zero-order valence-corrected chi connectivity index (χ0v) is 17.8. The van der Waals surface area contributed by atoms with E-state index in [1.54, 1.807) is 12.1 Å². The van der Waals surface area contributed by atoms with Crippen LogP contribution in [0.4, 0.5) is 18.0 Å². The molecule has 1 aliphatic carbocycles. The Balaban J connectivity index is 1.57. The molecule has 1 atom stereocenters. The number of aliphatic hydroxyl groups excluding tert-OH is 1. The van der Waals surface area contributed by atoms with E-state index in [4.69, 9.17) is 4.74 Å². The van der Waals surface area contributed by atoms with Gasteiger partial charge in [-0.25, -0.2) is 18.0 Å². The number of carbonyl (C=O) groups excluding carboxylic acids is 1. The minimum Gasteiger partial charge on any atom is -0.446 e. The Kier molecular flexibility index (Phi) is 6.15. The van der Waals surface area contributed by atoms with Crippen molar-refractivity contribution in [3.63, 3.8) is 0 Å². The highest BCUT2D eigenvalue weighted by atomic mass is 19.1. The quantitative estimate of drug-likeness (QED) is 0.485. The molecule has 1 amide bonds. The van der Waals surface area contributed by atoms with Gasteiger partial charge < -0.3 is 20.1 Å². The first-order chi connectivity index (χ1) is 15.3. The van der Waals surface area contributed by atoms with Crippen molar-refractivity contribution in [2.24, 2.45) is 5.92 Å². The number of carbonyl (C=O) groups is 1. The number of aliphatic hydroxyl groups is 1. The van der Waals surface area contributed by atoms with Crippen LogP contribution >= 0.6 is 0 Å². The van der Waals surface area contributed by atoms with Crippen LogP contribution in [0.25, 0.3) is 22.2 Å². The molecular weight excluding hydrogens is 421 g/mol. The van der Waals surface area contributed by atoms with Gasteiger partial charge in [-0.1, -0.05) is 13.8 Å². The summed E-state index contributed by atoms with van der Waals surface area (Å²) in [6.45, 7) is 3.58. The molecule has 1 aliphatic rings. The summed E-state index contributed by atoms with van der Waals surface area (Å²) in [5.74, 6) is -1.83. The minimum absolute atomic E-state index is 0.0518. The topological polar surface area (TPSA) is 74.3 Å². The molecule has 3 aromatic rings. The number of H-pyrrole nitrogens is 1. The van der Waals surface area contributed by atoms with E-state index in [-0.39, 0.29) is 30.1 Å². The first-order valence-electron chi connectivity index (χ1n) is 10.6. The molecule has 0 aliphatic heterocycles. The van der Waals surface area contributed by atoms with Crippen molar-refractivity contribution >= 4 is 17.0 Å². The van der Waals surface area contributed by atoms with E-state index in [0.29, 0.717) is 29.5 Å². The van der Waals surface area contributed by atoms with Crippen LogP contribution in [-0.4, -0.2) is 34.9 Å². The molecule has 4 rings (SSSR count). The van der Waals surface area contributed by atoms with Gasteiger partial charge in [-0.2, -0.15) is 0 Å². The molecule has 1 fully saturated rings. The second-order valence-corrected chi connectivity index (χ2v) is 8.60. The second kappa shape index (κ2) is 8.86. The maximum Gasteiger partial charge on any atom is 0.407 e. The number of nitrogens with one attached hydrogen (secondary N) is 2. The van der Waals surface area contributed by atoms with Crippen molar-refractivity contribution < 1.29 is 27.8 Å². The van der Waals surface area contributed by atoms with Crippen molar-refractivity contribution in [1.29, 1.82) is 0 Å². The van der Waals surface area contributed by atoms with Crippen LogP contribution in [0.1, 0.15) is 38.2 Å². The number of ether oxygens (including phenoxy) is 1. The van der Waals surface area contributed by atoms with Crippen LogP contribution in [0.3, 0.4) is 0 Å². The van der Waals surface area contributed by atoms with Gasteiger partial charge in [0, 0.05) is 11.5 Å². The Morgan fingerprint density at radius 2 is 1.84 bits per heavy atom. The summed E-state index contributed by atoms with van der Waals surface area (Å²) in [6.07, 6.45) is 0.0167. The average molecular weight is 446 g/mol. The Morgan fingerprint density at radius 1 is 1.16 bits per heavy atom. The van der Waals surface area contributed by atoms with E-state index in [0.717, 1.165) is 11.6 Å². The number of aromatic nitrogens is 1. The number of aromatic amines is 1. The van der Waals surface area contributed by atoms with Gasteiger partial charge in [-0.15, -0.1) is 0 Å². The standard InChI is InChI=1S/C24H25F3N2O3/c1-12(2)20(11-30)28-24(31)32-17-7-14(8-17)21-18-9-16(26)10-19(27)23(18)29-22(21)13-3-5-15(25)6-4-13/h3-6,9-10,12,14,17,20,29-30H,7-8,11H2,1-2H3,(H,28,31)/t14-,17-,20?. The lowest BCUT2D eigenvalue weighted by atomic mass is 9.75. The maximum atomic E-state index is 14.4. The number of halogens is 3. The predicted octanol–water partition coefficient (Wildman–Crippen LogP) is 5.24. The first kappa shape index (κ1) is 22.2. The molecule has 0 radical (unpaired) electrons. The Hall–Kier alpha value is -3.00. The average Bonchev–Trinajstić information content (AvgIpc) is 3.08. The minimum atomic E-state index is -0.704. The summed E-state index contributed by atoms with van der Waals surface area (Å²) >= 11 is 0. The zero-order chi connectivity index (χ0) is 23.0. The van der Waals surface area contributed by atoms with Gasteiger partial charge in [0.15, 0.2) is 0 Å². The SMILES string of the molecule is CC(C)C(CO)NC(=O)O[C@H]1C[C@H](c2c(-c3ccc(F)cc3)[nH]c3c(F)cc(F)cc32)C1. The van der Waals surface area contributed by atoms with Crippen LogP contribution in [-0.2, 0) is 4.74 Å². The van der Waals surface area contributed by atoms with E-state index >= 15 is 0 Å². The fourth-order valence-electron chi connectivity index (χ4n) is 4.17. The molecule has 170 valence electrons.